The monoisotopic (exact) mass is 506 g/mol. The average molecular weight is 506 g/mol. The molecule has 0 amide bonds. The Bertz CT molecular complexity index is 875. The minimum absolute atomic E-state index is 0. The van der Waals surface area contributed by atoms with Gasteiger partial charge >= 0.3 is 0 Å². The summed E-state index contributed by atoms with van der Waals surface area (Å²) in [6.07, 6.45) is 0.661. The summed E-state index contributed by atoms with van der Waals surface area (Å²) in [5.41, 5.74) is 1.72. The van der Waals surface area contributed by atoms with Crippen LogP contribution in [0.15, 0.2) is 58.4 Å². The van der Waals surface area contributed by atoms with E-state index in [1.54, 1.807) is 31.3 Å². The van der Waals surface area contributed by atoms with Gasteiger partial charge in [0.05, 0.1) is 4.90 Å². The molecule has 9 heteroatoms. The largest absolute Gasteiger partial charge is 0.356 e. The zero-order valence-corrected chi connectivity index (χ0v) is 18.3. The number of aliphatic imine (C=N–C) groups is 1. The number of nitrogens with zero attached hydrogens (tertiary/aromatic N) is 1. The van der Waals surface area contributed by atoms with Gasteiger partial charge in [0.15, 0.2) is 5.96 Å². The van der Waals surface area contributed by atoms with Gasteiger partial charge in [-0.15, -0.1) is 24.0 Å². The van der Waals surface area contributed by atoms with Gasteiger partial charge in [0.25, 0.3) is 0 Å². The number of hydrogen-bond acceptors (Lipinski definition) is 3. The second-order valence-corrected chi connectivity index (χ2v) is 7.47. The predicted molar refractivity (Wildman–Crippen MR) is 116 cm³/mol. The lowest BCUT2D eigenvalue weighted by atomic mass is 10.1. The number of sulfonamides is 1. The quantitative estimate of drug-likeness (QED) is 0.306. The molecule has 0 bridgehead atoms. The SMILES string of the molecule is CN=C(NCCc1cccc(F)c1)NCc1cccc(S(=O)(=O)NC)c1.I. The summed E-state index contributed by atoms with van der Waals surface area (Å²) in [4.78, 5) is 4.35. The van der Waals surface area contributed by atoms with E-state index in [-0.39, 0.29) is 34.7 Å². The molecule has 0 atom stereocenters. The van der Waals surface area contributed by atoms with Gasteiger partial charge in [0, 0.05) is 20.1 Å². The third-order valence-electron chi connectivity index (χ3n) is 3.76. The van der Waals surface area contributed by atoms with Crippen molar-refractivity contribution in [2.45, 2.75) is 17.9 Å². The second kappa shape index (κ2) is 11.2. The molecule has 0 radical (unpaired) electrons. The lowest BCUT2D eigenvalue weighted by Crippen LogP contribution is -2.37. The van der Waals surface area contributed by atoms with E-state index in [2.05, 4.69) is 20.3 Å². The lowest BCUT2D eigenvalue weighted by Gasteiger charge is -2.12. The molecule has 0 aliphatic carbocycles. The topological polar surface area (TPSA) is 82.6 Å². The van der Waals surface area contributed by atoms with E-state index in [1.165, 1.54) is 19.2 Å². The summed E-state index contributed by atoms with van der Waals surface area (Å²) in [6.45, 7) is 1.02. The fourth-order valence-corrected chi connectivity index (χ4v) is 3.16. The molecule has 0 fully saturated rings. The standard InChI is InChI=1S/C18H23FN4O2S.HI/c1-20-18(22-10-9-14-5-3-7-16(19)11-14)23-13-15-6-4-8-17(12-15)26(24,25)21-2;/h3-8,11-12,21H,9-10,13H2,1-2H3,(H2,20,22,23);1H. The number of hydrogen-bond donors (Lipinski definition) is 3. The van der Waals surface area contributed by atoms with E-state index in [4.69, 9.17) is 0 Å². The Morgan fingerprint density at radius 1 is 1.07 bits per heavy atom. The van der Waals surface area contributed by atoms with E-state index < -0.39 is 10.0 Å². The third kappa shape index (κ3) is 7.43. The highest BCUT2D eigenvalue weighted by Gasteiger charge is 2.11. The van der Waals surface area contributed by atoms with E-state index in [0.29, 0.717) is 25.5 Å². The lowest BCUT2D eigenvalue weighted by molar-refractivity contribution is 0.588. The van der Waals surface area contributed by atoms with Gasteiger partial charge in [0.2, 0.25) is 10.0 Å². The molecule has 0 aromatic heterocycles. The normalized spacial score (nSPS) is 11.6. The van der Waals surface area contributed by atoms with E-state index in [9.17, 15) is 12.8 Å². The highest BCUT2D eigenvalue weighted by molar-refractivity contribution is 14.0. The van der Waals surface area contributed by atoms with E-state index >= 15 is 0 Å². The zero-order valence-electron chi connectivity index (χ0n) is 15.2. The van der Waals surface area contributed by atoms with Crippen molar-refractivity contribution in [1.29, 1.82) is 0 Å². The van der Waals surface area contributed by atoms with Crippen molar-refractivity contribution in [2.75, 3.05) is 20.6 Å². The molecular formula is C18H24FIN4O2S. The minimum Gasteiger partial charge on any atom is -0.356 e. The predicted octanol–water partition coefficient (Wildman–Crippen LogP) is 2.26. The molecule has 0 saturated heterocycles. The maximum absolute atomic E-state index is 13.2. The van der Waals surface area contributed by atoms with E-state index in [0.717, 1.165) is 11.1 Å². The van der Waals surface area contributed by atoms with Gasteiger partial charge in [0.1, 0.15) is 5.82 Å². The summed E-state index contributed by atoms with van der Waals surface area (Å²) < 4.78 is 39.2. The van der Waals surface area contributed by atoms with Crippen molar-refractivity contribution in [3.05, 3.63) is 65.5 Å². The number of halogens is 2. The van der Waals surface area contributed by atoms with Crippen molar-refractivity contribution in [3.63, 3.8) is 0 Å². The van der Waals surface area contributed by atoms with Gasteiger partial charge in [-0.05, 0) is 48.9 Å². The van der Waals surface area contributed by atoms with Gasteiger partial charge in [-0.3, -0.25) is 4.99 Å². The highest BCUT2D eigenvalue weighted by Crippen LogP contribution is 2.11. The van der Waals surface area contributed by atoms with Crippen LogP contribution < -0.4 is 15.4 Å². The van der Waals surface area contributed by atoms with Crippen molar-refractivity contribution >= 4 is 40.0 Å². The van der Waals surface area contributed by atoms with Crippen LogP contribution in [0.3, 0.4) is 0 Å². The molecule has 2 aromatic rings. The van der Waals surface area contributed by atoms with Crippen LogP contribution in [-0.2, 0) is 23.0 Å². The first-order valence-electron chi connectivity index (χ1n) is 8.16. The van der Waals surface area contributed by atoms with Gasteiger partial charge < -0.3 is 10.6 Å². The Morgan fingerprint density at radius 2 is 1.78 bits per heavy atom. The Morgan fingerprint density at radius 3 is 2.44 bits per heavy atom. The molecule has 6 nitrogen and oxygen atoms in total. The molecule has 2 aromatic carbocycles. The molecule has 0 saturated carbocycles. The number of guanidine groups is 1. The van der Waals surface area contributed by atoms with Crippen LogP contribution >= 0.6 is 24.0 Å². The molecule has 0 aliphatic heterocycles. The fourth-order valence-electron chi connectivity index (χ4n) is 2.36. The summed E-state index contributed by atoms with van der Waals surface area (Å²) >= 11 is 0. The number of benzene rings is 2. The molecule has 0 unspecified atom stereocenters. The molecule has 3 N–H and O–H groups in total. The average Bonchev–Trinajstić information content (AvgIpc) is 2.65. The molecule has 0 spiro atoms. The van der Waals surface area contributed by atoms with Crippen LogP contribution in [0.25, 0.3) is 0 Å². The van der Waals surface area contributed by atoms with Gasteiger partial charge in [-0.2, -0.15) is 0 Å². The summed E-state index contributed by atoms with van der Waals surface area (Å²) in [6, 6.07) is 13.2. The number of rotatable bonds is 7. The van der Waals surface area contributed by atoms with Crippen LogP contribution in [0.1, 0.15) is 11.1 Å². The third-order valence-corrected chi connectivity index (χ3v) is 5.17. The maximum atomic E-state index is 13.2. The molecule has 148 valence electrons. The number of nitrogens with one attached hydrogen (secondary N) is 3. The van der Waals surface area contributed by atoms with E-state index in [1.807, 2.05) is 12.1 Å². The maximum Gasteiger partial charge on any atom is 0.240 e. The van der Waals surface area contributed by atoms with Crippen molar-refractivity contribution in [2.24, 2.45) is 4.99 Å². The van der Waals surface area contributed by atoms with Crippen molar-refractivity contribution < 1.29 is 12.8 Å². The Kier molecular flexibility index (Phi) is 9.67. The Labute approximate surface area is 176 Å². The highest BCUT2D eigenvalue weighted by atomic mass is 127. The van der Waals surface area contributed by atoms with Crippen LogP contribution in [0.4, 0.5) is 4.39 Å². The molecule has 27 heavy (non-hydrogen) atoms. The molecule has 0 heterocycles. The minimum atomic E-state index is -3.47. The summed E-state index contributed by atoms with van der Waals surface area (Å²) in [5.74, 6) is 0.338. The Balaban J connectivity index is 0.00000364. The van der Waals surface area contributed by atoms with Crippen LogP contribution in [0, 0.1) is 5.82 Å². The second-order valence-electron chi connectivity index (χ2n) is 5.59. The summed E-state index contributed by atoms with van der Waals surface area (Å²) in [7, 11) is -0.436. The van der Waals surface area contributed by atoms with Crippen LogP contribution in [0.2, 0.25) is 0 Å². The van der Waals surface area contributed by atoms with Crippen molar-refractivity contribution in [1.82, 2.24) is 15.4 Å². The van der Waals surface area contributed by atoms with Crippen LogP contribution in [-0.4, -0.2) is 35.0 Å². The zero-order chi connectivity index (χ0) is 19.0. The van der Waals surface area contributed by atoms with Crippen molar-refractivity contribution in [3.8, 4) is 0 Å². The van der Waals surface area contributed by atoms with Crippen LogP contribution in [0.5, 0.6) is 0 Å². The summed E-state index contributed by atoms with van der Waals surface area (Å²) in [5, 5.41) is 6.28. The molecular weight excluding hydrogens is 482 g/mol. The molecule has 2 rings (SSSR count). The molecule has 0 aliphatic rings. The first kappa shape index (κ1) is 23.3. The smallest absolute Gasteiger partial charge is 0.240 e. The Hall–Kier alpha value is -1.72. The first-order chi connectivity index (χ1) is 12.4. The van der Waals surface area contributed by atoms with Gasteiger partial charge in [-0.25, -0.2) is 17.5 Å². The first-order valence-corrected chi connectivity index (χ1v) is 9.64. The fraction of sp³-hybridized carbons (Fsp3) is 0.278. The van der Waals surface area contributed by atoms with Gasteiger partial charge in [-0.1, -0.05) is 24.3 Å².